The second-order valence-electron chi connectivity index (χ2n) is 2.64. The third-order valence-corrected chi connectivity index (χ3v) is 1.92. The van der Waals surface area contributed by atoms with E-state index in [0.717, 1.165) is 32.6 Å². The molecule has 1 fully saturated rings. The molecule has 1 aliphatic heterocycles. The molecule has 3 nitrogen and oxygen atoms in total. The lowest BCUT2D eigenvalue weighted by Crippen LogP contribution is -2.51. The fourth-order valence-electron chi connectivity index (χ4n) is 1.20. The molecule has 0 aliphatic carbocycles. The van der Waals surface area contributed by atoms with Crippen molar-refractivity contribution >= 4 is 0 Å². The molecule has 1 radical (unpaired) electrons. The van der Waals surface area contributed by atoms with Crippen molar-refractivity contribution in [3.63, 3.8) is 0 Å². The van der Waals surface area contributed by atoms with Gasteiger partial charge in [0.2, 0.25) is 0 Å². The van der Waals surface area contributed by atoms with Crippen molar-refractivity contribution in [2.75, 3.05) is 26.2 Å². The quantitative estimate of drug-likeness (QED) is 0.541. The van der Waals surface area contributed by atoms with Gasteiger partial charge in [-0.15, -0.1) is 0 Å². The summed E-state index contributed by atoms with van der Waals surface area (Å²) in [4.78, 5) is 2.27. The Labute approximate surface area is 62.6 Å². The molecule has 1 aliphatic rings. The van der Waals surface area contributed by atoms with Gasteiger partial charge in [-0.25, -0.2) is 0 Å². The monoisotopic (exact) mass is 142 g/mol. The van der Waals surface area contributed by atoms with Crippen molar-refractivity contribution in [3.05, 3.63) is 6.92 Å². The zero-order chi connectivity index (χ0) is 7.40. The lowest BCUT2D eigenvalue weighted by Gasteiger charge is -2.31. The van der Waals surface area contributed by atoms with E-state index in [2.05, 4.69) is 17.1 Å². The van der Waals surface area contributed by atoms with Crippen molar-refractivity contribution in [1.82, 2.24) is 10.2 Å². The molecule has 3 heteroatoms. The van der Waals surface area contributed by atoms with Crippen LogP contribution in [-0.4, -0.2) is 37.2 Å². The molecule has 1 saturated heterocycles. The lowest BCUT2D eigenvalue weighted by molar-refractivity contribution is 0.177. The van der Waals surface area contributed by atoms with Crippen LogP contribution in [0, 0.1) is 6.92 Å². The minimum atomic E-state index is 0.169. The highest BCUT2D eigenvalue weighted by Gasteiger charge is 2.13. The molecule has 3 N–H and O–H groups in total. The van der Waals surface area contributed by atoms with Crippen molar-refractivity contribution < 1.29 is 0 Å². The van der Waals surface area contributed by atoms with Gasteiger partial charge < -0.3 is 11.1 Å². The number of rotatable bonds is 2. The van der Waals surface area contributed by atoms with E-state index < -0.39 is 0 Å². The number of nitrogens with one attached hydrogen (secondary N) is 1. The second kappa shape index (κ2) is 3.91. The summed E-state index contributed by atoms with van der Waals surface area (Å²) in [6.45, 7) is 8.03. The maximum absolute atomic E-state index is 5.78. The minimum Gasteiger partial charge on any atom is -0.316 e. The summed E-state index contributed by atoms with van der Waals surface area (Å²) in [5.74, 6) is 0. The Morgan fingerprint density at radius 3 is 2.60 bits per heavy atom. The van der Waals surface area contributed by atoms with Gasteiger partial charge in [0.1, 0.15) is 0 Å². The molecule has 1 heterocycles. The van der Waals surface area contributed by atoms with Crippen LogP contribution < -0.4 is 11.1 Å². The molecule has 1 atom stereocenters. The first kappa shape index (κ1) is 7.98. The predicted octanol–water partition coefficient (Wildman–Crippen LogP) is -0.599. The van der Waals surface area contributed by atoms with Crippen LogP contribution in [0.4, 0.5) is 0 Å². The molecule has 0 aromatic heterocycles. The summed E-state index contributed by atoms with van der Waals surface area (Å²) >= 11 is 0. The molecule has 0 spiro atoms. The van der Waals surface area contributed by atoms with Gasteiger partial charge in [-0.2, -0.15) is 0 Å². The first-order chi connectivity index (χ1) is 4.84. The number of piperazine rings is 1. The van der Waals surface area contributed by atoms with Gasteiger partial charge in [-0.3, -0.25) is 4.90 Å². The van der Waals surface area contributed by atoms with E-state index in [0.29, 0.717) is 0 Å². The number of nitrogens with zero attached hydrogens (tertiary/aromatic N) is 1. The van der Waals surface area contributed by atoms with Crippen LogP contribution in [-0.2, 0) is 0 Å². The highest BCUT2D eigenvalue weighted by atomic mass is 15.3. The van der Waals surface area contributed by atoms with Gasteiger partial charge in [-0.05, 0) is 6.42 Å². The molecule has 0 amide bonds. The van der Waals surface area contributed by atoms with E-state index in [9.17, 15) is 0 Å². The fourth-order valence-corrected chi connectivity index (χ4v) is 1.20. The molecule has 0 saturated carbocycles. The average Bonchev–Trinajstić information content (AvgIpc) is 2.05. The maximum atomic E-state index is 5.78. The van der Waals surface area contributed by atoms with Crippen LogP contribution in [0.5, 0.6) is 0 Å². The predicted molar refractivity (Wildman–Crippen MR) is 42.4 cm³/mol. The zero-order valence-electron chi connectivity index (χ0n) is 6.34. The molecule has 0 aromatic carbocycles. The molecular formula is C7H16N3. The molecule has 10 heavy (non-hydrogen) atoms. The Bertz CT molecular complexity index is 88.9. The fraction of sp³-hybridized carbons (Fsp3) is 0.857. The highest BCUT2D eigenvalue weighted by molar-refractivity contribution is 4.72. The average molecular weight is 142 g/mol. The highest BCUT2D eigenvalue weighted by Crippen LogP contribution is 1.98. The van der Waals surface area contributed by atoms with Crippen molar-refractivity contribution in [2.24, 2.45) is 5.73 Å². The third kappa shape index (κ3) is 1.94. The largest absolute Gasteiger partial charge is 0.316 e. The summed E-state index contributed by atoms with van der Waals surface area (Å²) in [7, 11) is 0. The number of hydrogen-bond acceptors (Lipinski definition) is 3. The zero-order valence-corrected chi connectivity index (χ0v) is 6.34. The van der Waals surface area contributed by atoms with Gasteiger partial charge in [0.25, 0.3) is 0 Å². The van der Waals surface area contributed by atoms with Gasteiger partial charge in [-0.1, -0.05) is 6.92 Å². The van der Waals surface area contributed by atoms with E-state index in [4.69, 9.17) is 5.73 Å². The Kier molecular flexibility index (Phi) is 3.12. The molecule has 1 rings (SSSR count). The SMILES string of the molecule is [CH2]CC(N)N1CCNCC1. The van der Waals surface area contributed by atoms with Crippen molar-refractivity contribution in [1.29, 1.82) is 0 Å². The Hall–Kier alpha value is -0.120. The Balaban J connectivity index is 2.24. The standard InChI is InChI=1S/C7H16N3/c1-2-7(8)10-5-3-9-4-6-10/h7,9H,1-6,8H2. The second-order valence-corrected chi connectivity index (χ2v) is 2.64. The number of nitrogens with two attached hydrogens (primary N) is 1. The van der Waals surface area contributed by atoms with Crippen LogP contribution in [0.15, 0.2) is 0 Å². The van der Waals surface area contributed by atoms with E-state index in [1.165, 1.54) is 0 Å². The van der Waals surface area contributed by atoms with Gasteiger partial charge in [0, 0.05) is 26.2 Å². The maximum Gasteiger partial charge on any atom is 0.0572 e. The molecule has 0 bridgehead atoms. The summed E-state index contributed by atoms with van der Waals surface area (Å²) in [6, 6.07) is 0. The molecule has 1 unspecified atom stereocenters. The first-order valence-electron chi connectivity index (χ1n) is 3.84. The van der Waals surface area contributed by atoms with Gasteiger partial charge in [0.15, 0.2) is 0 Å². The van der Waals surface area contributed by atoms with Crippen LogP contribution >= 0.6 is 0 Å². The Morgan fingerprint density at radius 1 is 1.50 bits per heavy atom. The van der Waals surface area contributed by atoms with Crippen molar-refractivity contribution in [3.8, 4) is 0 Å². The Morgan fingerprint density at radius 2 is 2.10 bits per heavy atom. The van der Waals surface area contributed by atoms with Crippen molar-refractivity contribution in [2.45, 2.75) is 12.6 Å². The summed E-state index contributed by atoms with van der Waals surface area (Å²) < 4.78 is 0. The summed E-state index contributed by atoms with van der Waals surface area (Å²) in [5.41, 5.74) is 5.78. The van der Waals surface area contributed by atoms with Crippen LogP contribution in [0.2, 0.25) is 0 Å². The van der Waals surface area contributed by atoms with E-state index in [1.54, 1.807) is 0 Å². The molecular weight excluding hydrogens is 126 g/mol. The minimum absolute atomic E-state index is 0.169. The van der Waals surface area contributed by atoms with E-state index >= 15 is 0 Å². The summed E-state index contributed by atoms with van der Waals surface area (Å²) in [5, 5.41) is 3.28. The van der Waals surface area contributed by atoms with E-state index in [1.807, 2.05) is 0 Å². The molecule has 59 valence electrons. The smallest absolute Gasteiger partial charge is 0.0572 e. The van der Waals surface area contributed by atoms with Crippen LogP contribution in [0.1, 0.15) is 6.42 Å². The topological polar surface area (TPSA) is 41.3 Å². The van der Waals surface area contributed by atoms with Gasteiger partial charge in [0.05, 0.1) is 6.17 Å². The van der Waals surface area contributed by atoms with Gasteiger partial charge >= 0.3 is 0 Å². The third-order valence-electron chi connectivity index (χ3n) is 1.92. The normalized spacial score (nSPS) is 24.6. The molecule has 0 aromatic rings. The van der Waals surface area contributed by atoms with Crippen LogP contribution in [0.3, 0.4) is 0 Å². The lowest BCUT2D eigenvalue weighted by atomic mass is 10.3. The van der Waals surface area contributed by atoms with Crippen LogP contribution in [0.25, 0.3) is 0 Å². The summed E-state index contributed by atoms with van der Waals surface area (Å²) in [6.07, 6.45) is 0.974. The first-order valence-corrected chi connectivity index (χ1v) is 3.84. The van der Waals surface area contributed by atoms with E-state index in [-0.39, 0.29) is 6.17 Å². The number of hydrogen-bond donors (Lipinski definition) is 2.